The normalized spacial score (nSPS) is 15.5. The van der Waals surface area contributed by atoms with Crippen LogP contribution in [0, 0.1) is 17.4 Å². The van der Waals surface area contributed by atoms with Gasteiger partial charge in [0.2, 0.25) is 0 Å². The maximum atomic E-state index is 13.3. The van der Waals surface area contributed by atoms with Gasteiger partial charge in [0.15, 0.2) is 5.11 Å². The van der Waals surface area contributed by atoms with Crippen molar-refractivity contribution in [2.45, 2.75) is 13.8 Å². The second-order valence-corrected chi connectivity index (χ2v) is 9.64. The van der Waals surface area contributed by atoms with Crippen LogP contribution in [0.1, 0.15) is 17.0 Å². The summed E-state index contributed by atoms with van der Waals surface area (Å²) in [6, 6.07) is 14.8. The van der Waals surface area contributed by atoms with Gasteiger partial charge in [-0.05, 0) is 109 Å². The van der Waals surface area contributed by atoms with Crippen LogP contribution in [0.5, 0.6) is 0 Å². The van der Waals surface area contributed by atoms with Gasteiger partial charge in [0.05, 0.1) is 15.7 Å². The number of hydrogen-bond donors (Lipinski definition) is 1. The lowest BCUT2D eigenvalue weighted by atomic mass is 10.1. The van der Waals surface area contributed by atoms with Crippen LogP contribution in [-0.4, -0.2) is 21.5 Å². The molecule has 1 fully saturated rings. The molecule has 0 spiro atoms. The van der Waals surface area contributed by atoms with Gasteiger partial charge in [0.1, 0.15) is 5.57 Å². The molecule has 0 saturated carbocycles. The van der Waals surface area contributed by atoms with Crippen molar-refractivity contribution in [1.82, 2.24) is 9.88 Å². The number of carbonyl (C=O) groups is 2. The topological polar surface area (TPSA) is 54.3 Å². The van der Waals surface area contributed by atoms with E-state index < -0.39 is 11.8 Å². The van der Waals surface area contributed by atoms with E-state index in [0.29, 0.717) is 10.7 Å². The number of hydrogen-bond acceptors (Lipinski definition) is 3. The zero-order chi connectivity index (χ0) is 23.2. The first kappa shape index (κ1) is 23.0. The summed E-state index contributed by atoms with van der Waals surface area (Å²) in [7, 11) is 0. The van der Waals surface area contributed by atoms with Crippen molar-refractivity contribution in [3.8, 4) is 5.69 Å². The molecule has 1 aromatic heterocycles. The molecule has 3 aromatic rings. The molecule has 0 radical (unpaired) electrons. The Hall–Kier alpha value is -2.20. The maximum Gasteiger partial charge on any atom is 0.270 e. The predicted octanol–water partition coefficient (Wildman–Crippen LogP) is 5.84. The van der Waals surface area contributed by atoms with Crippen LogP contribution in [0.15, 0.2) is 54.1 Å². The van der Waals surface area contributed by atoms with Crippen molar-refractivity contribution < 1.29 is 9.59 Å². The number of amides is 2. The van der Waals surface area contributed by atoms with Crippen molar-refractivity contribution >= 4 is 86.7 Å². The van der Waals surface area contributed by atoms with E-state index in [0.717, 1.165) is 26.2 Å². The predicted molar refractivity (Wildman–Crippen MR) is 141 cm³/mol. The quantitative estimate of drug-likeness (QED) is 0.179. The molecule has 1 N–H and O–H groups in total. The molecular weight excluding hydrogens is 580 g/mol. The lowest BCUT2D eigenvalue weighted by Crippen LogP contribution is -2.54. The van der Waals surface area contributed by atoms with E-state index in [4.69, 9.17) is 35.4 Å². The van der Waals surface area contributed by atoms with Crippen LogP contribution in [0.4, 0.5) is 5.69 Å². The number of nitrogens with zero attached hydrogens (tertiary/aromatic N) is 2. The van der Waals surface area contributed by atoms with Crippen molar-refractivity contribution in [3.05, 3.63) is 84.7 Å². The minimum atomic E-state index is -0.546. The number of rotatable bonds is 3. The SMILES string of the molecule is Cc1cc(/C=C2\C(=O)NC(=S)N(c3ccc(Cl)c(Cl)c3)C2=O)c(C)n1-c1ccc(I)cc1. The molecule has 1 aliphatic heterocycles. The third-order valence-electron chi connectivity index (χ3n) is 5.12. The molecule has 1 saturated heterocycles. The van der Waals surface area contributed by atoms with Gasteiger partial charge in [0, 0.05) is 20.6 Å². The van der Waals surface area contributed by atoms with Crippen molar-refractivity contribution in [1.29, 1.82) is 0 Å². The minimum Gasteiger partial charge on any atom is -0.318 e. The number of carbonyl (C=O) groups excluding carboxylic acids is 2. The van der Waals surface area contributed by atoms with Crippen LogP contribution >= 0.6 is 58.0 Å². The first-order valence-corrected chi connectivity index (χ1v) is 11.7. The van der Waals surface area contributed by atoms with Gasteiger partial charge in [-0.1, -0.05) is 23.2 Å². The highest BCUT2D eigenvalue weighted by molar-refractivity contribution is 14.1. The standard InChI is InChI=1S/C23H16Cl2IN3O2S/c1-12-9-14(13(2)28(12)16-5-3-15(26)4-6-16)10-18-21(30)27-23(32)29(22(18)31)17-7-8-19(24)20(25)11-17/h3-11H,1-2H3,(H,27,30,32)/b18-10+. The highest BCUT2D eigenvalue weighted by Crippen LogP contribution is 2.30. The lowest BCUT2D eigenvalue weighted by Gasteiger charge is -2.29. The Morgan fingerprint density at radius 1 is 0.969 bits per heavy atom. The summed E-state index contributed by atoms with van der Waals surface area (Å²) in [6.45, 7) is 3.93. The smallest absolute Gasteiger partial charge is 0.270 e. The second kappa shape index (κ2) is 8.97. The van der Waals surface area contributed by atoms with Crippen LogP contribution in [-0.2, 0) is 9.59 Å². The van der Waals surface area contributed by atoms with E-state index in [9.17, 15) is 9.59 Å². The Labute approximate surface area is 214 Å². The molecule has 32 heavy (non-hydrogen) atoms. The summed E-state index contributed by atoms with van der Waals surface area (Å²) in [5, 5.41) is 3.21. The zero-order valence-corrected chi connectivity index (χ0v) is 21.4. The van der Waals surface area contributed by atoms with Gasteiger partial charge in [-0.25, -0.2) is 0 Å². The summed E-state index contributed by atoms with van der Waals surface area (Å²) >= 11 is 19.6. The zero-order valence-electron chi connectivity index (χ0n) is 16.9. The number of aromatic nitrogens is 1. The number of thiocarbonyl (C=S) groups is 1. The Kier molecular flexibility index (Phi) is 6.44. The van der Waals surface area contributed by atoms with Gasteiger partial charge in [-0.3, -0.25) is 19.8 Å². The monoisotopic (exact) mass is 595 g/mol. The minimum absolute atomic E-state index is 0.0140. The van der Waals surface area contributed by atoms with Gasteiger partial charge in [-0.2, -0.15) is 0 Å². The van der Waals surface area contributed by atoms with E-state index in [-0.39, 0.29) is 15.7 Å². The van der Waals surface area contributed by atoms with E-state index in [1.54, 1.807) is 18.2 Å². The lowest BCUT2D eigenvalue weighted by molar-refractivity contribution is -0.122. The first-order valence-electron chi connectivity index (χ1n) is 9.49. The molecule has 9 heteroatoms. The van der Waals surface area contributed by atoms with Gasteiger partial charge in [0.25, 0.3) is 11.8 Å². The van der Waals surface area contributed by atoms with Crippen LogP contribution < -0.4 is 10.2 Å². The number of halogens is 3. The number of nitrogens with one attached hydrogen (secondary N) is 1. The largest absolute Gasteiger partial charge is 0.318 e. The Bertz CT molecular complexity index is 1320. The molecule has 2 heterocycles. The molecule has 5 nitrogen and oxygen atoms in total. The van der Waals surface area contributed by atoms with Gasteiger partial charge >= 0.3 is 0 Å². The summed E-state index contributed by atoms with van der Waals surface area (Å²) in [5.74, 6) is -1.08. The maximum absolute atomic E-state index is 13.3. The summed E-state index contributed by atoms with van der Waals surface area (Å²) in [6.07, 6.45) is 1.59. The second-order valence-electron chi connectivity index (χ2n) is 7.19. The average molecular weight is 596 g/mol. The number of benzene rings is 2. The third kappa shape index (κ3) is 4.22. The fourth-order valence-corrected chi connectivity index (χ4v) is 4.53. The Morgan fingerprint density at radius 3 is 2.28 bits per heavy atom. The molecule has 0 atom stereocenters. The summed E-state index contributed by atoms with van der Waals surface area (Å²) in [4.78, 5) is 27.2. The van der Waals surface area contributed by atoms with Crippen molar-refractivity contribution in [2.75, 3.05) is 4.90 Å². The number of aryl methyl sites for hydroxylation is 1. The molecule has 2 aromatic carbocycles. The number of anilines is 1. The Morgan fingerprint density at radius 2 is 1.62 bits per heavy atom. The fraction of sp³-hybridized carbons (Fsp3) is 0.0870. The molecule has 0 unspecified atom stereocenters. The average Bonchev–Trinajstić information content (AvgIpc) is 3.01. The van der Waals surface area contributed by atoms with E-state index in [1.807, 2.05) is 44.2 Å². The molecule has 0 bridgehead atoms. The summed E-state index contributed by atoms with van der Waals surface area (Å²) in [5.41, 5.74) is 4.06. The van der Waals surface area contributed by atoms with Crippen LogP contribution in [0.3, 0.4) is 0 Å². The van der Waals surface area contributed by atoms with Gasteiger partial charge < -0.3 is 4.57 Å². The first-order chi connectivity index (χ1) is 15.2. The molecule has 4 rings (SSSR count). The third-order valence-corrected chi connectivity index (χ3v) is 6.86. The molecule has 0 aliphatic carbocycles. The molecule has 2 amide bonds. The Balaban J connectivity index is 1.76. The van der Waals surface area contributed by atoms with Crippen molar-refractivity contribution in [2.24, 2.45) is 0 Å². The highest BCUT2D eigenvalue weighted by Gasteiger charge is 2.35. The molecule has 162 valence electrons. The van der Waals surface area contributed by atoms with Gasteiger partial charge in [-0.15, -0.1) is 0 Å². The van der Waals surface area contributed by atoms with E-state index >= 15 is 0 Å². The van der Waals surface area contributed by atoms with Crippen molar-refractivity contribution in [3.63, 3.8) is 0 Å². The summed E-state index contributed by atoms with van der Waals surface area (Å²) < 4.78 is 3.22. The van der Waals surface area contributed by atoms with E-state index in [2.05, 4.69) is 32.5 Å². The van der Waals surface area contributed by atoms with Crippen LogP contribution in [0.25, 0.3) is 11.8 Å². The fourth-order valence-electron chi connectivity index (χ4n) is 3.59. The highest BCUT2D eigenvalue weighted by atomic mass is 127. The van der Waals surface area contributed by atoms with E-state index in [1.165, 1.54) is 11.0 Å². The molecule has 1 aliphatic rings. The molecular formula is C23H16Cl2IN3O2S. The van der Waals surface area contributed by atoms with Crippen LogP contribution in [0.2, 0.25) is 10.0 Å².